The van der Waals surface area contributed by atoms with E-state index in [4.69, 9.17) is 5.11 Å². The molecule has 1 aromatic rings. The van der Waals surface area contributed by atoms with Crippen LogP contribution in [0, 0.1) is 6.92 Å². The largest absolute Gasteiger partial charge is 0.396 e. The second-order valence-corrected chi connectivity index (χ2v) is 7.40. The van der Waals surface area contributed by atoms with Crippen LogP contribution in [0.4, 0.5) is 0 Å². The predicted octanol–water partition coefficient (Wildman–Crippen LogP) is 2.20. The first-order chi connectivity index (χ1) is 8.18. The molecule has 0 bridgehead atoms. The molecule has 0 aliphatic carbocycles. The van der Waals surface area contributed by atoms with Crippen molar-refractivity contribution < 1.29 is 13.5 Å². The lowest BCUT2D eigenvalue weighted by molar-refractivity contribution is 0.245. The summed E-state index contributed by atoms with van der Waals surface area (Å²) in [4.78, 5) is 0.208. The van der Waals surface area contributed by atoms with Crippen LogP contribution in [-0.2, 0) is 10.0 Å². The van der Waals surface area contributed by atoms with E-state index in [1.54, 1.807) is 32.0 Å². The molecule has 0 saturated heterocycles. The Bertz CT molecular complexity index is 526. The van der Waals surface area contributed by atoms with Gasteiger partial charge in [-0.2, -0.15) is 0 Å². The maximum absolute atomic E-state index is 12.2. The number of benzene rings is 1. The Labute approximate surface area is 117 Å². The van der Waals surface area contributed by atoms with E-state index in [1.165, 1.54) is 0 Å². The molecule has 0 aliphatic heterocycles. The fourth-order valence-electron chi connectivity index (χ4n) is 1.57. The van der Waals surface area contributed by atoms with Crippen LogP contribution < -0.4 is 4.72 Å². The number of hydrogen-bond acceptors (Lipinski definition) is 3. The molecule has 0 fully saturated rings. The first kappa shape index (κ1) is 15.6. The average Bonchev–Trinajstić information content (AvgIpc) is 2.14. The molecule has 0 aliphatic rings. The SMILES string of the molecule is Cc1ccc(S(=O)(=O)NC(C)(C)CCO)c(Br)c1. The van der Waals surface area contributed by atoms with E-state index in [9.17, 15) is 8.42 Å². The topological polar surface area (TPSA) is 66.4 Å². The van der Waals surface area contributed by atoms with E-state index in [2.05, 4.69) is 20.7 Å². The van der Waals surface area contributed by atoms with Crippen LogP contribution >= 0.6 is 15.9 Å². The van der Waals surface area contributed by atoms with Crippen molar-refractivity contribution in [2.24, 2.45) is 0 Å². The van der Waals surface area contributed by atoms with Crippen molar-refractivity contribution in [3.05, 3.63) is 28.2 Å². The monoisotopic (exact) mass is 335 g/mol. The zero-order valence-corrected chi connectivity index (χ0v) is 13.1. The Morgan fingerprint density at radius 1 is 1.39 bits per heavy atom. The van der Waals surface area contributed by atoms with Crippen molar-refractivity contribution >= 4 is 26.0 Å². The molecular formula is C12H18BrNO3S. The summed E-state index contributed by atoms with van der Waals surface area (Å²) < 4.78 is 27.6. The van der Waals surface area contributed by atoms with Gasteiger partial charge >= 0.3 is 0 Å². The second-order valence-electron chi connectivity index (χ2n) is 4.90. The van der Waals surface area contributed by atoms with Crippen LogP contribution in [-0.4, -0.2) is 25.7 Å². The number of hydrogen-bond donors (Lipinski definition) is 2. The third-order valence-corrected chi connectivity index (χ3v) is 5.20. The molecule has 102 valence electrons. The van der Waals surface area contributed by atoms with Crippen LogP contribution in [0.1, 0.15) is 25.8 Å². The first-order valence-corrected chi connectivity index (χ1v) is 7.86. The van der Waals surface area contributed by atoms with Gasteiger partial charge in [0.25, 0.3) is 0 Å². The minimum atomic E-state index is -3.60. The van der Waals surface area contributed by atoms with E-state index in [0.29, 0.717) is 10.9 Å². The number of aryl methyl sites for hydroxylation is 1. The van der Waals surface area contributed by atoms with Crippen molar-refractivity contribution in [3.8, 4) is 0 Å². The molecule has 0 aromatic heterocycles. The summed E-state index contributed by atoms with van der Waals surface area (Å²) in [5, 5.41) is 8.92. The molecule has 1 aromatic carbocycles. The summed E-state index contributed by atoms with van der Waals surface area (Å²) in [6.07, 6.45) is 0.357. The van der Waals surface area contributed by atoms with Gasteiger partial charge in [-0.3, -0.25) is 0 Å². The Morgan fingerprint density at radius 3 is 2.50 bits per heavy atom. The van der Waals surface area contributed by atoms with Crippen LogP contribution in [0.3, 0.4) is 0 Å². The van der Waals surface area contributed by atoms with Gasteiger partial charge in [0.2, 0.25) is 10.0 Å². The smallest absolute Gasteiger partial charge is 0.242 e. The molecule has 4 nitrogen and oxygen atoms in total. The van der Waals surface area contributed by atoms with Gasteiger partial charge in [-0.1, -0.05) is 6.07 Å². The third-order valence-electron chi connectivity index (χ3n) is 2.52. The Hall–Kier alpha value is -0.430. The maximum Gasteiger partial charge on any atom is 0.242 e. The maximum atomic E-state index is 12.2. The highest BCUT2D eigenvalue weighted by Gasteiger charge is 2.27. The molecule has 0 atom stereocenters. The van der Waals surface area contributed by atoms with Crippen molar-refractivity contribution in [2.75, 3.05) is 6.61 Å². The van der Waals surface area contributed by atoms with E-state index < -0.39 is 15.6 Å². The minimum Gasteiger partial charge on any atom is -0.396 e. The van der Waals surface area contributed by atoms with Crippen molar-refractivity contribution in [1.29, 1.82) is 0 Å². The van der Waals surface area contributed by atoms with Gasteiger partial charge in [-0.25, -0.2) is 13.1 Å². The number of aliphatic hydroxyl groups excluding tert-OH is 1. The number of halogens is 1. The highest BCUT2D eigenvalue weighted by atomic mass is 79.9. The van der Waals surface area contributed by atoms with E-state index in [0.717, 1.165) is 5.56 Å². The molecular weight excluding hydrogens is 318 g/mol. The van der Waals surface area contributed by atoms with Gasteiger partial charge in [0.1, 0.15) is 0 Å². The normalized spacial score (nSPS) is 12.7. The third kappa shape index (κ3) is 4.05. The zero-order valence-electron chi connectivity index (χ0n) is 10.7. The molecule has 2 N–H and O–H groups in total. The first-order valence-electron chi connectivity index (χ1n) is 5.59. The van der Waals surface area contributed by atoms with Crippen molar-refractivity contribution in [1.82, 2.24) is 4.72 Å². The molecule has 6 heteroatoms. The molecule has 1 rings (SSSR count). The molecule has 18 heavy (non-hydrogen) atoms. The van der Waals surface area contributed by atoms with Gasteiger partial charge in [0.15, 0.2) is 0 Å². The second kappa shape index (κ2) is 5.69. The van der Waals surface area contributed by atoms with Gasteiger partial charge in [0.05, 0.1) is 4.90 Å². The highest BCUT2D eigenvalue weighted by Crippen LogP contribution is 2.24. The number of rotatable bonds is 5. The summed E-state index contributed by atoms with van der Waals surface area (Å²) in [6, 6.07) is 5.07. The summed E-state index contributed by atoms with van der Waals surface area (Å²) in [7, 11) is -3.60. The lowest BCUT2D eigenvalue weighted by Crippen LogP contribution is -2.44. The predicted molar refractivity (Wildman–Crippen MR) is 75.0 cm³/mol. The van der Waals surface area contributed by atoms with Crippen LogP contribution in [0.15, 0.2) is 27.6 Å². The molecule has 0 unspecified atom stereocenters. The number of nitrogens with one attached hydrogen (secondary N) is 1. The van der Waals surface area contributed by atoms with Gasteiger partial charge in [-0.05, 0) is 60.8 Å². The highest BCUT2D eigenvalue weighted by molar-refractivity contribution is 9.10. The lowest BCUT2D eigenvalue weighted by Gasteiger charge is -2.25. The van der Waals surface area contributed by atoms with Crippen LogP contribution in [0.2, 0.25) is 0 Å². The minimum absolute atomic E-state index is 0.0649. The Balaban J connectivity index is 3.07. The van der Waals surface area contributed by atoms with Crippen molar-refractivity contribution in [3.63, 3.8) is 0 Å². The average molecular weight is 336 g/mol. The van der Waals surface area contributed by atoms with E-state index in [1.807, 2.05) is 6.92 Å². The fourth-order valence-corrected chi connectivity index (χ4v) is 4.21. The summed E-state index contributed by atoms with van der Waals surface area (Å²) >= 11 is 3.26. The molecule has 0 amide bonds. The van der Waals surface area contributed by atoms with Crippen LogP contribution in [0.5, 0.6) is 0 Å². The quantitative estimate of drug-likeness (QED) is 0.866. The Kier molecular flexibility index (Phi) is 4.94. The summed E-state index contributed by atoms with van der Waals surface area (Å²) in [6.45, 7) is 5.31. The van der Waals surface area contributed by atoms with Gasteiger partial charge in [0, 0.05) is 16.6 Å². The lowest BCUT2D eigenvalue weighted by atomic mass is 10.0. The number of sulfonamides is 1. The zero-order chi connectivity index (χ0) is 14.0. The Morgan fingerprint density at radius 2 is 2.00 bits per heavy atom. The van der Waals surface area contributed by atoms with Gasteiger partial charge < -0.3 is 5.11 Å². The van der Waals surface area contributed by atoms with Gasteiger partial charge in [-0.15, -0.1) is 0 Å². The standard InChI is InChI=1S/C12H18BrNO3S/c1-9-4-5-11(10(13)8-9)18(16,17)14-12(2,3)6-7-15/h4-5,8,14-15H,6-7H2,1-3H3. The molecule has 0 saturated carbocycles. The van der Waals surface area contributed by atoms with Crippen LogP contribution in [0.25, 0.3) is 0 Å². The molecule has 0 heterocycles. The van der Waals surface area contributed by atoms with E-state index >= 15 is 0 Å². The molecule has 0 spiro atoms. The number of aliphatic hydroxyl groups is 1. The summed E-state index contributed by atoms with van der Waals surface area (Å²) in [5.41, 5.74) is 0.299. The molecule has 0 radical (unpaired) electrons. The van der Waals surface area contributed by atoms with E-state index in [-0.39, 0.29) is 11.5 Å². The fraction of sp³-hybridized carbons (Fsp3) is 0.500. The van der Waals surface area contributed by atoms with Crippen molar-refractivity contribution in [2.45, 2.75) is 37.6 Å². The summed E-state index contributed by atoms with van der Waals surface area (Å²) in [5.74, 6) is 0.